The minimum Gasteiger partial charge on any atom is -0.487 e. The third-order valence-corrected chi connectivity index (χ3v) is 6.18. The topological polar surface area (TPSA) is 76.6 Å². The number of aromatic nitrogens is 5. The molecule has 0 radical (unpaired) electrons. The molecule has 1 unspecified atom stereocenters. The minimum atomic E-state index is 0.437. The summed E-state index contributed by atoms with van der Waals surface area (Å²) < 4.78 is 6.02. The molecular weight excluding hydrogens is 446 g/mol. The van der Waals surface area contributed by atoms with E-state index in [4.69, 9.17) is 4.74 Å². The summed E-state index contributed by atoms with van der Waals surface area (Å²) in [4.78, 5) is 4.69. The van der Waals surface area contributed by atoms with Gasteiger partial charge >= 0.3 is 0 Å². The lowest BCUT2D eigenvalue weighted by atomic mass is 9.96. The summed E-state index contributed by atoms with van der Waals surface area (Å²) in [5.74, 6) is 2.16. The zero-order valence-electron chi connectivity index (χ0n) is 20.3. The second-order valence-corrected chi connectivity index (χ2v) is 9.11. The number of nitrogens with zero attached hydrogens (tertiary/aromatic N) is 4. The molecule has 3 aromatic carbocycles. The number of benzene rings is 3. The first-order valence-corrected chi connectivity index (χ1v) is 12.3. The van der Waals surface area contributed by atoms with Gasteiger partial charge in [0, 0.05) is 11.8 Å². The normalized spacial score (nSPS) is 12.2. The van der Waals surface area contributed by atoms with Gasteiger partial charge in [-0.3, -0.25) is 0 Å². The van der Waals surface area contributed by atoms with Gasteiger partial charge in [-0.05, 0) is 59.7 Å². The first-order valence-electron chi connectivity index (χ1n) is 12.3. The molecule has 0 bridgehead atoms. The number of pyridine rings is 1. The highest BCUT2D eigenvalue weighted by Crippen LogP contribution is 2.19. The molecule has 5 aromatic rings. The maximum atomic E-state index is 6.02. The number of ether oxygens (including phenoxy) is 1. The number of tetrazole rings is 1. The Labute approximate surface area is 211 Å². The monoisotopic (exact) mass is 475 g/mol. The fraction of sp³-hybridized carbons (Fsp3) is 0.200. The van der Waals surface area contributed by atoms with Gasteiger partial charge in [0.25, 0.3) is 0 Å². The van der Waals surface area contributed by atoms with Gasteiger partial charge < -0.3 is 4.74 Å². The molecule has 0 aliphatic rings. The summed E-state index contributed by atoms with van der Waals surface area (Å²) in [6.07, 6.45) is 7.17. The van der Waals surface area contributed by atoms with Gasteiger partial charge in [0.1, 0.15) is 12.4 Å². The molecule has 6 heteroatoms. The second-order valence-electron chi connectivity index (χ2n) is 9.11. The second kappa shape index (κ2) is 11.4. The molecule has 5 rings (SSSR count). The number of hydrogen-bond acceptors (Lipinski definition) is 5. The van der Waals surface area contributed by atoms with E-state index in [0.717, 1.165) is 53.0 Å². The summed E-state index contributed by atoms with van der Waals surface area (Å²) in [6.45, 7) is 2.70. The molecule has 0 aliphatic heterocycles. The van der Waals surface area contributed by atoms with Crippen molar-refractivity contribution in [3.63, 3.8) is 0 Å². The maximum absolute atomic E-state index is 6.02. The van der Waals surface area contributed by atoms with Crippen LogP contribution >= 0.6 is 0 Å². The van der Waals surface area contributed by atoms with Crippen molar-refractivity contribution < 1.29 is 4.74 Å². The lowest BCUT2D eigenvalue weighted by molar-refractivity contribution is 0.302. The fourth-order valence-electron chi connectivity index (χ4n) is 4.18. The van der Waals surface area contributed by atoms with E-state index in [1.807, 2.05) is 36.4 Å². The Kier molecular flexibility index (Phi) is 7.42. The van der Waals surface area contributed by atoms with E-state index in [1.54, 1.807) is 0 Å². The molecule has 180 valence electrons. The van der Waals surface area contributed by atoms with Crippen molar-refractivity contribution in [2.75, 3.05) is 0 Å². The summed E-state index contributed by atoms with van der Waals surface area (Å²) in [5.41, 5.74) is 5.51. The van der Waals surface area contributed by atoms with E-state index in [0.29, 0.717) is 12.5 Å². The molecule has 0 saturated carbocycles. The number of fused-ring (bicyclic) bond motifs is 1. The van der Waals surface area contributed by atoms with Crippen molar-refractivity contribution in [2.24, 2.45) is 5.92 Å². The van der Waals surface area contributed by atoms with E-state index < -0.39 is 0 Å². The van der Waals surface area contributed by atoms with Gasteiger partial charge in [-0.15, -0.1) is 10.2 Å². The summed E-state index contributed by atoms with van der Waals surface area (Å²) in [5, 5.41) is 15.3. The van der Waals surface area contributed by atoms with Gasteiger partial charge in [0.15, 0.2) is 5.82 Å². The van der Waals surface area contributed by atoms with Crippen LogP contribution in [0.2, 0.25) is 0 Å². The third-order valence-electron chi connectivity index (χ3n) is 6.18. The standard InChI is InChI=1S/C30H29N5O/c1-22(9-18-30-32-34-35-33-30)19-25-14-11-23(12-15-25)10-13-24-5-4-7-28(20-24)36-21-27-17-16-26-6-2-3-8-29(26)31-27/h2-8,10-17,20,22H,9,18-19,21H2,1H3,(H,32,33,34,35)/b13-10+. The van der Waals surface area contributed by atoms with Crippen LogP contribution in [0.4, 0.5) is 0 Å². The molecule has 1 atom stereocenters. The van der Waals surface area contributed by atoms with E-state index in [9.17, 15) is 0 Å². The van der Waals surface area contributed by atoms with Crippen LogP contribution in [0.3, 0.4) is 0 Å². The Morgan fingerprint density at radius 3 is 2.61 bits per heavy atom. The summed E-state index contributed by atoms with van der Waals surface area (Å²) >= 11 is 0. The predicted octanol–water partition coefficient (Wildman–Crippen LogP) is 6.31. The molecule has 0 spiro atoms. The number of para-hydroxylation sites is 1. The van der Waals surface area contributed by atoms with E-state index >= 15 is 0 Å². The van der Waals surface area contributed by atoms with Gasteiger partial charge in [-0.25, -0.2) is 4.98 Å². The van der Waals surface area contributed by atoms with Gasteiger partial charge in [-0.2, -0.15) is 5.21 Å². The average Bonchev–Trinajstić information content (AvgIpc) is 3.44. The number of aryl methyl sites for hydroxylation is 1. The average molecular weight is 476 g/mol. The Morgan fingerprint density at radius 2 is 1.75 bits per heavy atom. The van der Waals surface area contributed by atoms with Crippen LogP contribution in [0.1, 0.15) is 41.6 Å². The number of nitrogens with one attached hydrogen (secondary N) is 1. The smallest absolute Gasteiger partial charge is 0.174 e. The Balaban J connectivity index is 1.14. The van der Waals surface area contributed by atoms with Crippen LogP contribution in [0.5, 0.6) is 5.75 Å². The Morgan fingerprint density at radius 1 is 0.889 bits per heavy atom. The predicted molar refractivity (Wildman–Crippen MR) is 143 cm³/mol. The van der Waals surface area contributed by atoms with Crippen LogP contribution in [0, 0.1) is 5.92 Å². The molecule has 0 aliphatic carbocycles. The van der Waals surface area contributed by atoms with Gasteiger partial charge in [-0.1, -0.05) is 85.0 Å². The first kappa shape index (κ1) is 23.4. The molecule has 0 fully saturated rings. The molecular formula is C30H29N5O. The van der Waals surface area contributed by atoms with Crippen LogP contribution in [0.25, 0.3) is 23.1 Å². The largest absolute Gasteiger partial charge is 0.487 e. The third kappa shape index (κ3) is 6.42. The number of aromatic amines is 1. The first-order chi connectivity index (χ1) is 17.7. The molecule has 0 saturated heterocycles. The van der Waals surface area contributed by atoms with E-state index in [2.05, 4.69) is 93.2 Å². The zero-order chi connectivity index (χ0) is 24.6. The van der Waals surface area contributed by atoms with Gasteiger partial charge in [0.2, 0.25) is 0 Å². The number of hydrogen-bond donors (Lipinski definition) is 1. The Bertz CT molecular complexity index is 1430. The van der Waals surface area contributed by atoms with Gasteiger partial charge in [0.05, 0.1) is 11.2 Å². The Hall–Kier alpha value is -4.32. The highest BCUT2D eigenvalue weighted by atomic mass is 16.5. The molecule has 2 heterocycles. The van der Waals surface area contributed by atoms with Crippen LogP contribution in [0.15, 0.2) is 84.9 Å². The van der Waals surface area contributed by atoms with Crippen molar-refractivity contribution in [1.82, 2.24) is 25.6 Å². The minimum absolute atomic E-state index is 0.437. The van der Waals surface area contributed by atoms with Crippen molar-refractivity contribution >= 4 is 23.1 Å². The molecule has 0 amide bonds. The van der Waals surface area contributed by atoms with E-state index in [-0.39, 0.29) is 0 Å². The number of rotatable bonds is 10. The van der Waals surface area contributed by atoms with Crippen LogP contribution in [-0.2, 0) is 19.4 Å². The van der Waals surface area contributed by atoms with Crippen molar-refractivity contribution in [3.05, 3.63) is 113 Å². The molecule has 36 heavy (non-hydrogen) atoms. The maximum Gasteiger partial charge on any atom is 0.174 e. The summed E-state index contributed by atoms with van der Waals surface area (Å²) in [7, 11) is 0. The molecule has 1 N–H and O–H groups in total. The SMILES string of the molecule is CC(CCc1nn[nH]n1)Cc1ccc(/C=C/c2cccc(OCc3ccc4ccccc4n3)c2)cc1. The zero-order valence-corrected chi connectivity index (χ0v) is 20.3. The highest BCUT2D eigenvalue weighted by molar-refractivity contribution is 5.78. The van der Waals surface area contributed by atoms with Crippen molar-refractivity contribution in [3.8, 4) is 5.75 Å². The molecule has 2 aromatic heterocycles. The van der Waals surface area contributed by atoms with Crippen molar-refractivity contribution in [2.45, 2.75) is 32.8 Å². The number of H-pyrrole nitrogens is 1. The fourth-order valence-corrected chi connectivity index (χ4v) is 4.18. The van der Waals surface area contributed by atoms with Crippen LogP contribution < -0.4 is 4.74 Å². The summed E-state index contributed by atoms with van der Waals surface area (Å²) in [6, 6.07) is 29.1. The lowest BCUT2D eigenvalue weighted by Gasteiger charge is -2.10. The quantitative estimate of drug-likeness (QED) is 0.240. The van der Waals surface area contributed by atoms with E-state index in [1.165, 1.54) is 11.1 Å². The lowest BCUT2D eigenvalue weighted by Crippen LogP contribution is -2.02. The highest BCUT2D eigenvalue weighted by Gasteiger charge is 2.07. The van der Waals surface area contributed by atoms with Crippen molar-refractivity contribution in [1.29, 1.82) is 0 Å². The molecule has 6 nitrogen and oxygen atoms in total. The van der Waals surface area contributed by atoms with Crippen LogP contribution in [-0.4, -0.2) is 25.6 Å².